The third-order valence-corrected chi connectivity index (χ3v) is 9.16. The predicted octanol–water partition coefficient (Wildman–Crippen LogP) is 4.87. The maximum absolute atomic E-state index is 13.7. The van der Waals surface area contributed by atoms with Gasteiger partial charge in [-0.2, -0.15) is 0 Å². The lowest BCUT2D eigenvalue weighted by Gasteiger charge is -2.44. The topological polar surface area (TPSA) is 61.9 Å². The molecule has 0 bridgehead atoms. The van der Waals surface area contributed by atoms with E-state index in [-0.39, 0.29) is 11.8 Å². The molecular formula is C31H39N3O3S. The van der Waals surface area contributed by atoms with Crippen molar-refractivity contribution in [3.8, 4) is 0 Å². The van der Waals surface area contributed by atoms with E-state index in [1.807, 2.05) is 30.3 Å². The fourth-order valence-corrected chi connectivity index (χ4v) is 7.16. The minimum Gasteiger partial charge on any atom is -0.379 e. The van der Waals surface area contributed by atoms with Crippen LogP contribution in [0.25, 0.3) is 6.08 Å². The van der Waals surface area contributed by atoms with Gasteiger partial charge in [-0.25, -0.2) is 0 Å². The molecule has 2 unspecified atom stereocenters. The van der Waals surface area contributed by atoms with Crippen LogP contribution in [-0.2, 0) is 16.1 Å². The monoisotopic (exact) mass is 533 g/mol. The van der Waals surface area contributed by atoms with E-state index in [1.165, 1.54) is 24.0 Å². The van der Waals surface area contributed by atoms with Crippen LogP contribution in [0.1, 0.15) is 59.2 Å². The Kier molecular flexibility index (Phi) is 9.20. The Labute approximate surface area is 230 Å². The highest BCUT2D eigenvalue weighted by atomic mass is 32.2. The van der Waals surface area contributed by atoms with Crippen molar-refractivity contribution in [1.82, 2.24) is 15.1 Å². The van der Waals surface area contributed by atoms with Gasteiger partial charge < -0.3 is 15.0 Å². The Morgan fingerprint density at radius 3 is 2.68 bits per heavy atom. The van der Waals surface area contributed by atoms with Gasteiger partial charge in [0, 0.05) is 43.0 Å². The number of nitrogens with one attached hydrogen (secondary N) is 1. The molecule has 2 heterocycles. The third-order valence-electron chi connectivity index (χ3n) is 7.76. The Balaban J connectivity index is 1.21. The van der Waals surface area contributed by atoms with Crippen molar-refractivity contribution in [2.45, 2.75) is 56.9 Å². The first-order valence-electron chi connectivity index (χ1n) is 14.0. The number of carbonyl (C=O) groups is 2. The molecule has 2 atom stereocenters. The number of hydrogen-bond donors (Lipinski definition) is 1. The molecule has 2 aliphatic heterocycles. The zero-order valence-electron chi connectivity index (χ0n) is 22.4. The lowest BCUT2D eigenvalue weighted by Crippen LogP contribution is -2.50. The summed E-state index contributed by atoms with van der Waals surface area (Å²) in [5.74, 6) is 0.0745. The summed E-state index contributed by atoms with van der Waals surface area (Å²) in [4.78, 5) is 31.6. The zero-order chi connectivity index (χ0) is 26.3. The molecule has 202 valence electrons. The second-order valence-corrected chi connectivity index (χ2v) is 11.9. The van der Waals surface area contributed by atoms with Crippen LogP contribution in [0.15, 0.2) is 53.4 Å². The maximum atomic E-state index is 13.7. The van der Waals surface area contributed by atoms with Gasteiger partial charge in [0.15, 0.2) is 0 Å². The lowest BCUT2D eigenvalue weighted by atomic mass is 9.92. The molecule has 3 fully saturated rings. The summed E-state index contributed by atoms with van der Waals surface area (Å²) in [5.41, 5.74) is 4.01. The van der Waals surface area contributed by atoms with Crippen LogP contribution in [0.2, 0.25) is 0 Å². The first kappa shape index (κ1) is 27.0. The van der Waals surface area contributed by atoms with Gasteiger partial charge in [0.1, 0.15) is 0 Å². The molecule has 7 heteroatoms. The number of rotatable bonds is 8. The van der Waals surface area contributed by atoms with Crippen LogP contribution in [0.4, 0.5) is 0 Å². The molecule has 2 aromatic rings. The van der Waals surface area contributed by atoms with E-state index in [2.05, 4.69) is 46.3 Å². The predicted molar refractivity (Wildman–Crippen MR) is 154 cm³/mol. The van der Waals surface area contributed by atoms with Crippen LogP contribution in [0.5, 0.6) is 0 Å². The number of thioether (sulfide) groups is 1. The third kappa shape index (κ3) is 6.87. The van der Waals surface area contributed by atoms with Crippen LogP contribution in [0.3, 0.4) is 0 Å². The quantitative estimate of drug-likeness (QED) is 0.387. The number of nitrogens with zero attached hydrogens (tertiary/aromatic N) is 2. The number of carbonyl (C=O) groups excluding carboxylic acids is 2. The van der Waals surface area contributed by atoms with Crippen molar-refractivity contribution < 1.29 is 14.3 Å². The molecule has 6 nitrogen and oxygen atoms in total. The Morgan fingerprint density at radius 1 is 1.11 bits per heavy atom. The Bertz CT molecular complexity index is 1140. The van der Waals surface area contributed by atoms with Gasteiger partial charge in [0.05, 0.1) is 18.1 Å². The summed E-state index contributed by atoms with van der Waals surface area (Å²) >= 11 is 1.75. The molecule has 1 N–H and O–H groups in total. The van der Waals surface area contributed by atoms with Crippen LogP contribution < -0.4 is 5.32 Å². The van der Waals surface area contributed by atoms with E-state index in [4.69, 9.17) is 4.74 Å². The van der Waals surface area contributed by atoms with Crippen molar-refractivity contribution in [2.24, 2.45) is 0 Å². The number of morpholine rings is 1. The number of amides is 2. The second kappa shape index (κ2) is 13.0. The molecular weight excluding hydrogens is 494 g/mol. The van der Waals surface area contributed by atoms with Gasteiger partial charge in [-0.15, -0.1) is 11.8 Å². The van der Waals surface area contributed by atoms with Gasteiger partial charge in [-0.1, -0.05) is 54.8 Å². The van der Waals surface area contributed by atoms with E-state index in [0.717, 1.165) is 62.6 Å². The largest absolute Gasteiger partial charge is 0.379 e. The first-order valence-corrected chi connectivity index (χ1v) is 14.9. The molecule has 5 rings (SSSR count). The van der Waals surface area contributed by atoms with E-state index in [0.29, 0.717) is 29.9 Å². The summed E-state index contributed by atoms with van der Waals surface area (Å²) in [5, 5.41) is 3.48. The molecule has 2 aromatic carbocycles. The summed E-state index contributed by atoms with van der Waals surface area (Å²) in [6.45, 7) is 7.92. The summed E-state index contributed by atoms with van der Waals surface area (Å²) < 4.78 is 5.38. The van der Waals surface area contributed by atoms with Crippen molar-refractivity contribution >= 4 is 29.7 Å². The maximum Gasteiger partial charge on any atom is 0.260 e. The number of fused-ring (bicyclic) bond motifs is 1. The van der Waals surface area contributed by atoms with Gasteiger partial charge in [-0.3, -0.25) is 14.5 Å². The molecule has 1 aliphatic carbocycles. The first-order chi connectivity index (χ1) is 18.6. The summed E-state index contributed by atoms with van der Waals surface area (Å²) in [6, 6.07) is 16.4. The number of ether oxygens (including phenoxy) is 1. The van der Waals surface area contributed by atoms with E-state index in [1.54, 1.807) is 11.8 Å². The van der Waals surface area contributed by atoms with Gasteiger partial charge in [0.25, 0.3) is 11.8 Å². The van der Waals surface area contributed by atoms with Crippen LogP contribution in [-0.4, -0.2) is 72.3 Å². The van der Waals surface area contributed by atoms with Crippen molar-refractivity contribution in [2.75, 3.05) is 39.4 Å². The lowest BCUT2D eigenvalue weighted by molar-refractivity contribution is -0.130. The second-order valence-electron chi connectivity index (χ2n) is 10.6. The number of hydrogen-bond acceptors (Lipinski definition) is 5. The highest BCUT2D eigenvalue weighted by molar-refractivity contribution is 8.04. The highest BCUT2D eigenvalue weighted by Crippen LogP contribution is 2.42. The van der Waals surface area contributed by atoms with Gasteiger partial charge in [0.2, 0.25) is 0 Å². The number of benzene rings is 2. The summed E-state index contributed by atoms with van der Waals surface area (Å²) in [6.07, 6.45) is 7.58. The van der Waals surface area contributed by atoms with Crippen LogP contribution >= 0.6 is 11.8 Å². The fourth-order valence-electron chi connectivity index (χ4n) is 5.68. The molecule has 2 saturated heterocycles. The average Bonchev–Trinajstić information content (AvgIpc) is 2.94. The molecule has 0 radical (unpaired) electrons. The van der Waals surface area contributed by atoms with E-state index < -0.39 is 0 Å². The normalized spacial score (nSPS) is 23.3. The number of aryl methyl sites for hydroxylation is 1. The smallest absolute Gasteiger partial charge is 0.260 e. The molecule has 0 spiro atoms. The minimum absolute atomic E-state index is 0.0522. The summed E-state index contributed by atoms with van der Waals surface area (Å²) in [7, 11) is 0. The average molecular weight is 534 g/mol. The van der Waals surface area contributed by atoms with Crippen LogP contribution in [0, 0.1) is 6.92 Å². The zero-order valence-corrected chi connectivity index (χ0v) is 23.2. The Morgan fingerprint density at radius 2 is 1.89 bits per heavy atom. The van der Waals surface area contributed by atoms with Crippen molar-refractivity contribution in [3.05, 3.63) is 75.7 Å². The van der Waals surface area contributed by atoms with E-state index in [9.17, 15) is 9.59 Å². The SMILES string of the molecule is Cc1cccc(CN2C(=O)/C(=C\c3ccc(C(=O)NCCCN4CCOCC4)cc3)SC3CCCCC32)c1. The molecule has 2 amide bonds. The molecule has 1 saturated carbocycles. The molecule has 0 aromatic heterocycles. The molecule has 3 aliphatic rings. The minimum atomic E-state index is -0.0522. The standard InChI is InChI=1S/C31H39N3O3S/c1-23-6-4-7-25(20-23)22-34-27-8-2-3-9-28(27)38-29(31(34)36)21-24-10-12-26(13-11-24)30(35)32-14-5-15-33-16-18-37-19-17-33/h4,6-7,10-13,20-21,27-28H,2-3,5,8-9,14-19,22H2,1H3,(H,32,35)/b29-21+. The van der Waals surface area contributed by atoms with E-state index >= 15 is 0 Å². The van der Waals surface area contributed by atoms with Crippen molar-refractivity contribution in [1.29, 1.82) is 0 Å². The van der Waals surface area contributed by atoms with Gasteiger partial charge in [-0.05, 0) is 62.1 Å². The fraction of sp³-hybridized carbons (Fsp3) is 0.484. The van der Waals surface area contributed by atoms with Gasteiger partial charge >= 0.3 is 0 Å². The van der Waals surface area contributed by atoms with Crippen molar-refractivity contribution in [3.63, 3.8) is 0 Å². The molecule has 38 heavy (non-hydrogen) atoms. The Hall–Kier alpha value is -2.61. The highest BCUT2D eigenvalue weighted by Gasteiger charge is 2.40.